The molecule has 0 saturated heterocycles. The Labute approximate surface area is 243 Å². The molecule has 8 nitrogen and oxygen atoms in total. The number of halogens is 1. The van der Waals surface area contributed by atoms with Gasteiger partial charge < -0.3 is 9.32 Å². The van der Waals surface area contributed by atoms with Gasteiger partial charge in [0.05, 0.1) is 23.2 Å². The average Bonchev–Trinajstić information content (AvgIpc) is 3.61. The minimum absolute atomic E-state index is 0.00237. The second-order valence-corrected chi connectivity index (χ2v) is 11.8. The summed E-state index contributed by atoms with van der Waals surface area (Å²) in [6.07, 6.45) is 0.604. The molecule has 0 radical (unpaired) electrons. The number of hydrogen-bond acceptors (Lipinski definition) is 7. The Morgan fingerprint density at radius 2 is 1.71 bits per heavy atom. The maximum atomic E-state index is 14.9. The van der Waals surface area contributed by atoms with Crippen LogP contribution in [0.25, 0.3) is 11.0 Å². The van der Waals surface area contributed by atoms with E-state index in [1.54, 1.807) is 41.3 Å². The topological polar surface area (TPSA) is 96.6 Å². The van der Waals surface area contributed by atoms with Gasteiger partial charge >= 0.3 is 0 Å². The predicted octanol–water partition coefficient (Wildman–Crippen LogP) is 5.93. The maximum absolute atomic E-state index is 14.9. The van der Waals surface area contributed by atoms with Crippen LogP contribution in [0.3, 0.4) is 0 Å². The van der Waals surface area contributed by atoms with Crippen molar-refractivity contribution >= 4 is 56.5 Å². The van der Waals surface area contributed by atoms with Crippen LogP contribution in [-0.4, -0.2) is 22.0 Å². The summed E-state index contributed by atoms with van der Waals surface area (Å²) in [4.78, 5) is 46.6. The zero-order valence-electron chi connectivity index (χ0n) is 22.4. The molecule has 2 aromatic heterocycles. The van der Waals surface area contributed by atoms with Crippen molar-refractivity contribution in [3.63, 3.8) is 0 Å². The second-order valence-electron chi connectivity index (χ2n) is 10.3. The quantitative estimate of drug-likeness (QED) is 0.261. The molecule has 2 aliphatic heterocycles. The molecule has 10 heteroatoms. The Morgan fingerprint density at radius 3 is 2.44 bits per heavy atom. The first-order valence-electron chi connectivity index (χ1n) is 13.2. The van der Waals surface area contributed by atoms with Crippen molar-refractivity contribution in [2.24, 2.45) is 0 Å². The van der Waals surface area contributed by atoms with Crippen LogP contribution in [0.4, 0.5) is 10.8 Å². The highest BCUT2D eigenvalue weighted by molar-refractivity contribution is 7.15. The number of aryl methyl sites for hydroxylation is 3. The van der Waals surface area contributed by atoms with E-state index in [-0.39, 0.29) is 23.0 Å². The number of anilines is 2. The van der Waals surface area contributed by atoms with Crippen LogP contribution in [0, 0.1) is 13.8 Å². The zero-order valence-corrected chi connectivity index (χ0v) is 24.0. The summed E-state index contributed by atoms with van der Waals surface area (Å²) in [6.45, 7) is 5.97. The smallest absolute Gasteiger partial charge is 0.297 e. The Bertz CT molecular complexity index is 1980. The van der Waals surface area contributed by atoms with Crippen LogP contribution in [0.5, 0.6) is 0 Å². The third-order valence-corrected chi connectivity index (χ3v) is 9.25. The van der Waals surface area contributed by atoms with Gasteiger partial charge in [-0.25, -0.2) is 0 Å². The molecule has 0 bridgehead atoms. The van der Waals surface area contributed by atoms with Crippen molar-refractivity contribution in [3.05, 3.63) is 114 Å². The second kappa shape index (κ2) is 9.09. The Kier molecular flexibility index (Phi) is 5.68. The number of hydrogen-bond donors (Lipinski definition) is 0. The monoisotopic (exact) mass is 582 g/mol. The zero-order chi connectivity index (χ0) is 28.6. The molecule has 41 heavy (non-hydrogen) atoms. The molecular weight excluding hydrogens is 560 g/mol. The van der Waals surface area contributed by atoms with Crippen LogP contribution in [0.15, 0.2) is 69.9 Å². The van der Waals surface area contributed by atoms with Crippen molar-refractivity contribution in [1.29, 1.82) is 0 Å². The molecule has 204 valence electrons. The number of rotatable bonds is 4. The molecule has 1 unspecified atom stereocenters. The third kappa shape index (κ3) is 3.49. The lowest BCUT2D eigenvalue weighted by atomic mass is 9.84. The number of amides is 2. The highest BCUT2D eigenvalue weighted by Crippen LogP contribution is 2.54. The van der Waals surface area contributed by atoms with Gasteiger partial charge in [0.2, 0.25) is 10.9 Å². The predicted molar refractivity (Wildman–Crippen MR) is 158 cm³/mol. The first-order chi connectivity index (χ1) is 19.7. The number of aromatic nitrogens is 2. The molecule has 3 aromatic carbocycles. The number of para-hydroxylation sites is 1. The number of nitrogens with zero attached hydrogens (tertiary/aromatic N) is 4. The van der Waals surface area contributed by atoms with Gasteiger partial charge in [-0.1, -0.05) is 60.2 Å². The SMILES string of the molecule is CCc1nnc(N2C(=O)c3oc4cc(C)c(C)cc4c(=O)c3C23C(=O)N(Cc2ccc(Cl)cc2)c2ccccc23)s1. The fourth-order valence-electron chi connectivity index (χ4n) is 5.83. The standard InChI is InChI=1S/C31H23ClN4O4S/c1-4-24-33-34-30(41-24)36-28(38)27-25(26(37)20-13-16(2)17(3)14-23(20)40-27)31(36)21-7-5-6-8-22(21)35(29(31)39)15-18-9-11-19(32)12-10-18/h5-14H,4,15H2,1-3H3. The molecule has 0 N–H and O–H groups in total. The van der Waals surface area contributed by atoms with Crippen LogP contribution < -0.4 is 15.2 Å². The van der Waals surface area contributed by atoms with Crippen LogP contribution in [0.1, 0.15) is 50.3 Å². The molecule has 0 aliphatic carbocycles. The lowest BCUT2D eigenvalue weighted by Gasteiger charge is -2.32. The first-order valence-corrected chi connectivity index (χ1v) is 14.4. The van der Waals surface area contributed by atoms with Crippen LogP contribution >= 0.6 is 22.9 Å². The van der Waals surface area contributed by atoms with Crippen molar-refractivity contribution < 1.29 is 14.0 Å². The van der Waals surface area contributed by atoms with E-state index in [9.17, 15) is 14.4 Å². The van der Waals surface area contributed by atoms with E-state index >= 15 is 0 Å². The molecule has 0 fully saturated rings. The van der Waals surface area contributed by atoms with E-state index < -0.39 is 22.8 Å². The molecule has 2 aliphatic rings. The Hall–Kier alpha value is -4.34. The number of carbonyl (C=O) groups excluding carboxylic acids is 2. The number of fused-ring (bicyclic) bond motifs is 5. The Balaban J connectivity index is 1.55. The fourth-order valence-corrected chi connectivity index (χ4v) is 6.78. The molecule has 1 spiro atoms. The molecule has 7 rings (SSSR count). The van der Waals surface area contributed by atoms with Gasteiger partial charge in [-0.2, -0.15) is 0 Å². The van der Waals surface area contributed by atoms with Crippen LogP contribution in [-0.2, 0) is 23.3 Å². The van der Waals surface area contributed by atoms with E-state index in [0.717, 1.165) is 16.7 Å². The third-order valence-electron chi connectivity index (χ3n) is 7.94. The minimum Gasteiger partial charge on any atom is -0.450 e. The van der Waals surface area contributed by atoms with Crippen LogP contribution in [0.2, 0.25) is 5.02 Å². The summed E-state index contributed by atoms with van der Waals surface area (Å²) < 4.78 is 6.21. The van der Waals surface area contributed by atoms with Crippen molar-refractivity contribution in [2.75, 3.05) is 9.80 Å². The first kappa shape index (κ1) is 25.6. The van der Waals surface area contributed by atoms with Crippen molar-refractivity contribution in [1.82, 2.24) is 10.2 Å². The summed E-state index contributed by atoms with van der Waals surface area (Å²) in [7, 11) is 0. The van der Waals surface area contributed by atoms with Gasteiger partial charge in [-0.3, -0.25) is 19.3 Å². The molecule has 2 amide bonds. The molecule has 5 aromatic rings. The van der Waals surface area contributed by atoms with E-state index in [1.165, 1.54) is 16.2 Å². The summed E-state index contributed by atoms with van der Waals surface area (Å²) in [6, 6.07) is 18.0. The van der Waals surface area contributed by atoms with Gasteiger partial charge in [0.15, 0.2) is 11.0 Å². The van der Waals surface area contributed by atoms with Gasteiger partial charge in [0.25, 0.3) is 11.8 Å². The summed E-state index contributed by atoms with van der Waals surface area (Å²) in [5, 5.41) is 10.4. The van der Waals surface area contributed by atoms with Gasteiger partial charge in [0.1, 0.15) is 10.6 Å². The van der Waals surface area contributed by atoms with Crippen molar-refractivity contribution in [2.45, 2.75) is 39.3 Å². The summed E-state index contributed by atoms with van der Waals surface area (Å²) in [5.74, 6) is -1.20. The normalized spacial score (nSPS) is 17.7. The maximum Gasteiger partial charge on any atom is 0.297 e. The number of benzene rings is 3. The van der Waals surface area contributed by atoms with Crippen molar-refractivity contribution in [3.8, 4) is 0 Å². The number of carbonyl (C=O) groups is 2. The van der Waals surface area contributed by atoms with Gasteiger partial charge in [0, 0.05) is 10.6 Å². The fraction of sp³-hybridized carbons (Fsp3) is 0.194. The highest BCUT2D eigenvalue weighted by atomic mass is 35.5. The summed E-state index contributed by atoms with van der Waals surface area (Å²) >= 11 is 7.33. The molecule has 0 saturated carbocycles. The minimum atomic E-state index is -1.81. The summed E-state index contributed by atoms with van der Waals surface area (Å²) in [5.41, 5.74) is 1.84. The lowest BCUT2D eigenvalue weighted by Crippen LogP contribution is -2.53. The molecular formula is C31H23ClN4O4S. The lowest BCUT2D eigenvalue weighted by molar-refractivity contribution is -0.121. The van der Waals surface area contributed by atoms with E-state index in [2.05, 4.69) is 10.2 Å². The van der Waals surface area contributed by atoms with Gasteiger partial charge in [-0.15, -0.1) is 10.2 Å². The van der Waals surface area contributed by atoms with E-state index in [1.807, 2.05) is 45.0 Å². The highest BCUT2D eigenvalue weighted by Gasteiger charge is 2.66. The largest absolute Gasteiger partial charge is 0.450 e. The average molecular weight is 583 g/mol. The van der Waals surface area contributed by atoms with E-state index in [4.69, 9.17) is 16.0 Å². The molecule has 1 atom stereocenters. The Morgan fingerprint density at radius 1 is 0.976 bits per heavy atom. The van der Waals surface area contributed by atoms with E-state index in [0.29, 0.717) is 38.7 Å². The molecule has 4 heterocycles. The van der Waals surface area contributed by atoms with Gasteiger partial charge in [-0.05, 0) is 67.3 Å².